The lowest BCUT2D eigenvalue weighted by molar-refractivity contribution is 0.460. The van der Waals surface area contributed by atoms with Crippen molar-refractivity contribution in [1.29, 1.82) is 0 Å². The Labute approximate surface area is 150 Å². The Morgan fingerprint density at radius 1 is 0.500 bits per heavy atom. The minimum absolute atomic E-state index is 0.169. The Morgan fingerprint density at radius 2 is 0.625 bits per heavy atom. The van der Waals surface area contributed by atoms with E-state index >= 15 is 0 Å². The highest BCUT2D eigenvalue weighted by atomic mass is 16.3. The van der Waals surface area contributed by atoms with Gasteiger partial charge in [0.05, 0.1) is 0 Å². The van der Waals surface area contributed by atoms with Crippen molar-refractivity contribution >= 4 is 0 Å². The lowest BCUT2D eigenvalue weighted by Crippen LogP contribution is -1.66. The zero-order valence-electron chi connectivity index (χ0n) is 16.8. The molecule has 0 aliphatic carbocycles. The molecule has 0 saturated heterocycles. The lowest BCUT2D eigenvalue weighted by Gasteiger charge is -1.88. The number of phenolic OH excluding ortho intramolecular Hbond substituents is 2. The van der Waals surface area contributed by atoms with Gasteiger partial charge in [-0.2, -0.15) is 0 Å². The second-order valence-corrected chi connectivity index (χ2v) is 6.14. The summed E-state index contributed by atoms with van der Waals surface area (Å²) in [5.41, 5.74) is 0. The zero-order chi connectivity index (χ0) is 19.4. The zero-order valence-corrected chi connectivity index (χ0v) is 16.8. The average molecular weight is 335 g/mol. The van der Waals surface area contributed by atoms with E-state index < -0.39 is 0 Å². The Balaban J connectivity index is -0.000000248. The summed E-state index contributed by atoms with van der Waals surface area (Å²) in [5.74, 6) is 2.01. The van der Waals surface area contributed by atoms with Gasteiger partial charge in [-0.3, -0.25) is 0 Å². The van der Waals surface area contributed by atoms with Crippen LogP contribution in [0.15, 0.2) is 60.7 Å². The molecule has 24 heavy (non-hydrogen) atoms. The second-order valence-electron chi connectivity index (χ2n) is 6.14. The van der Waals surface area contributed by atoms with E-state index in [0.29, 0.717) is 0 Å². The number of phenols is 2. The van der Waals surface area contributed by atoms with Crippen LogP contribution in [-0.2, 0) is 0 Å². The Hall–Kier alpha value is -1.96. The first-order chi connectivity index (χ1) is 11.3. The maximum atomic E-state index is 8.65. The first-order valence-corrected chi connectivity index (χ1v) is 8.73. The number of aromatic hydroxyl groups is 2. The molecule has 0 atom stereocenters. The predicted molar refractivity (Wildman–Crippen MR) is 109 cm³/mol. The molecule has 0 bridgehead atoms. The van der Waals surface area contributed by atoms with E-state index in [-0.39, 0.29) is 11.5 Å². The second kappa shape index (κ2) is 21.0. The third-order valence-electron chi connectivity index (χ3n) is 1.52. The summed E-state index contributed by atoms with van der Waals surface area (Å²) in [6.45, 7) is 17.0. The molecule has 2 nitrogen and oxygen atoms in total. The highest BCUT2D eigenvalue weighted by Gasteiger charge is 1.84. The maximum absolute atomic E-state index is 8.65. The summed E-state index contributed by atoms with van der Waals surface area (Å²) in [5, 5.41) is 17.3. The van der Waals surface area contributed by atoms with Gasteiger partial charge in [0.1, 0.15) is 11.5 Å². The van der Waals surface area contributed by atoms with Crippen molar-refractivity contribution in [2.24, 2.45) is 11.8 Å². The van der Waals surface area contributed by atoms with Gasteiger partial charge in [0.2, 0.25) is 0 Å². The van der Waals surface area contributed by atoms with E-state index in [9.17, 15) is 0 Å². The fourth-order valence-electron chi connectivity index (χ4n) is 0.838. The third kappa shape index (κ3) is 36.9. The van der Waals surface area contributed by atoms with Gasteiger partial charge in [-0.05, 0) is 36.1 Å². The first-order valence-electron chi connectivity index (χ1n) is 8.73. The van der Waals surface area contributed by atoms with E-state index in [0.717, 1.165) is 11.8 Å². The topological polar surface area (TPSA) is 40.5 Å². The highest BCUT2D eigenvalue weighted by molar-refractivity contribution is 5.28. The SMILES string of the molecule is CC.CC(C)C.CC(C)C.Oc1ccc(O)cc1.c1ccccc1. The van der Waals surface area contributed by atoms with Gasteiger partial charge in [-0.15, -0.1) is 0 Å². The van der Waals surface area contributed by atoms with Crippen LogP contribution in [0.4, 0.5) is 0 Å². The fraction of sp³-hybridized carbons (Fsp3) is 0.455. The number of hydrogen-bond donors (Lipinski definition) is 2. The summed E-state index contributed by atoms with van der Waals surface area (Å²) >= 11 is 0. The molecule has 0 aromatic heterocycles. The van der Waals surface area contributed by atoms with Gasteiger partial charge in [0, 0.05) is 0 Å². The fourth-order valence-corrected chi connectivity index (χ4v) is 0.838. The summed E-state index contributed by atoms with van der Waals surface area (Å²) in [7, 11) is 0. The molecule has 0 unspecified atom stereocenters. The van der Waals surface area contributed by atoms with Crippen molar-refractivity contribution in [2.45, 2.75) is 55.4 Å². The number of benzene rings is 2. The predicted octanol–water partition coefficient (Wildman–Crippen LogP) is 7.14. The van der Waals surface area contributed by atoms with E-state index in [1.807, 2.05) is 50.2 Å². The van der Waals surface area contributed by atoms with Crippen LogP contribution in [0.5, 0.6) is 11.5 Å². The van der Waals surface area contributed by atoms with Crippen LogP contribution >= 0.6 is 0 Å². The van der Waals surface area contributed by atoms with Crippen LogP contribution in [0.3, 0.4) is 0 Å². The Morgan fingerprint density at radius 3 is 0.750 bits per heavy atom. The molecule has 0 fully saturated rings. The molecule has 0 spiro atoms. The molecule has 138 valence electrons. The molecule has 0 heterocycles. The molecule has 2 heteroatoms. The van der Waals surface area contributed by atoms with Crippen molar-refractivity contribution < 1.29 is 10.2 Å². The summed E-state index contributed by atoms with van der Waals surface area (Å²) in [6.07, 6.45) is 0. The van der Waals surface area contributed by atoms with Crippen LogP contribution in [0.2, 0.25) is 0 Å². The molecule has 2 aromatic rings. The van der Waals surface area contributed by atoms with E-state index in [4.69, 9.17) is 10.2 Å². The number of rotatable bonds is 0. The number of hydrogen-bond acceptors (Lipinski definition) is 2. The smallest absolute Gasteiger partial charge is 0.115 e. The van der Waals surface area contributed by atoms with Crippen molar-refractivity contribution in [3.8, 4) is 11.5 Å². The van der Waals surface area contributed by atoms with Crippen LogP contribution in [0.25, 0.3) is 0 Å². The van der Waals surface area contributed by atoms with Crippen molar-refractivity contribution in [1.82, 2.24) is 0 Å². The molecule has 0 radical (unpaired) electrons. The highest BCUT2D eigenvalue weighted by Crippen LogP contribution is 2.13. The maximum Gasteiger partial charge on any atom is 0.115 e. The molecule has 2 N–H and O–H groups in total. The summed E-state index contributed by atoms with van der Waals surface area (Å²) < 4.78 is 0. The monoisotopic (exact) mass is 334 g/mol. The Kier molecular flexibility index (Phi) is 23.6. The van der Waals surface area contributed by atoms with Gasteiger partial charge in [-0.1, -0.05) is 91.8 Å². The first kappa shape index (κ1) is 26.9. The normalized spacial score (nSPS) is 8.25. The van der Waals surface area contributed by atoms with Crippen LogP contribution in [-0.4, -0.2) is 10.2 Å². The van der Waals surface area contributed by atoms with Crippen LogP contribution in [0, 0.1) is 11.8 Å². The minimum atomic E-state index is 0.169. The van der Waals surface area contributed by atoms with Crippen molar-refractivity contribution in [3.63, 3.8) is 0 Å². The molecular formula is C22H38O2. The van der Waals surface area contributed by atoms with Gasteiger partial charge in [0.25, 0.3) is 0 Å². The Bertz CT molecular complexity index is 360. The molecule has 0 amide bonds. The van der Waals surface area contributed by atoms with Crippen LogP contribution in [0.1, 0.15) is 55.4 Å². The molecule has 0 saturated carbocycles. The van der Waals surface area contributed by atoms with Crippen molar-refractivity contribution in [2.75, 3.05) is 0 Å². The summed E-state index contributed by atoms with van der Waals surface area (Å²) in [6, 6.07) is 17.7. The molecule has 0 aliphatic rings. The summed E-state index contributed by atoms with van der Waals surface area (Å²) in [4.78, 5) is 0. The van der Waals surface area contributed by atoms with Gasteiger partial charge in [-0.25, -0.2) is 0 Å². The lowest BCUT2D eigenvalue weighted by atomic mass is 10.3. The van der Waals surface area contributed by atoms with Gasteiger partial charge in [0.15, 0.2) is 0 Å². The molecule has 2 rings (SSSR count). The third-order valence-corrected chi connectivity index (χ3v) is 1.52. The van der Waals surface area contributed by atoms with Crippen molar-refractivity contribution in [3.05, 3.63) is 60.7 Å². The quantitative estimate of drug-likeness (QED) is 0.503. The van der Waals surface area contributed by atoms with E-state index in [1.54, 1.807) is 0 Å². The van der Waals surface area contributed by atoms with Gasteiger partial charge < -0.3 is 10.2 Å². The minimum Gasteiger partial charge on any atom is -0.508 e. The molecule has 2 aromatic carbocycles. The average Bonchev–Trinajstić information content (AvgIpc) is 2.53. The van der Waals surface area contributed by atoms with E-state index in [2.05, 4.69) is 41.5 Å². The van der Waals surface area contributed by atoms with Crippen LogP contribution < -0.4 is 0 Å². The van der Waals surface area contributed by atoms with Gasteiger partial charge >= 0.3 is 0 Å². The largest absolute Gasteiger partial charge is 0.508 e. The van der Waals surface area contributed by atoms with E-state index in [1.165, 1.54) is 24.3 Å². The standard InChI is InChI=1S/C6H6O2.C6H6.2C4H10.C2H6/c7-5-1-2-6(8)4-3-5;1-2-4-6-5-3-1;2*1-4(2)3;1-2/h1-4,7-8H;1-6H;2*4H,1-3H3;1-2H3. The molecular weight excluding hydrogens is 296 g/mol. The molecule has 0 aliphatic heterocycles.